The van der Waals surface area contributed by atoms with Gasteiger partial charge in [-0.05, 0) is 18.9 Å². The molecule has 1 atom stereocenters. The Balaban J connectivity index is 3.18. The van der Waals surface area contributed by atoms with Crippen molar-refractivity contribution in [3.8, 4) is 0 Å². The summed E-state index contributed by atoms with van der Waals surface area (Å²) in [5.74, 6) is 0.889. The van der Waals surface area contributed by atoms with Gasteiger partial charge in [0.2, 0.25) is 0 Å². The average Bonchev–Trinajstić information content (AvgIpc) is 1.88. The van der Waals surface area contributed by atoms with Gasteiger partial charge in [-0.25, -0.2) is 0 Å². The van der Waals surface area contributed by atoms with Gasteiger partial charge in [0.15, 0.2) is 0 Å². The van der Waals surface area contributed by atoms with Gasteiger partial charge >= 0.3 is 0 Å². The summed E-state index contributed by atoms with van der Waals surface area (Å²) in [5, 5.41) is 0. The Bertz CT molecular complexity index is 46.5. The van der Waals surface area contributed by atoms with Gasteiger partial charge in [-0.2, -0.15) is 0 Å². The molecule has 0 aromatic heterocycles. The molecule has 0 aliphatic carbocycles. The van der Waals surface area contributed by atoms with Crippen LogP contribution in [-0.4, -0.2) is 6.54 Å². The van der Waals surface area contributed by atoms with Crippen LogP contribution in [0.15, 0.2) is 0 Å². The number of nitrogens with two attached hydrogens (primary N) is 1. The second-order valence-electron chi connectivity index (χ2n) is 2.64. The molecule has 0 saturated carbocycles. The molecule has 0 aliphatic rings. The molecule has 0 bridgehead atoms. The third kappa shape index (κ3) is 4.46. The Morgan fingerprint density at radius 2 is 1.89 bits per heavy atom. The summed E-state index contributed by atoms with van der Waals surface area (Å²) >= 11 is 0. The third-order valence-electron chi connectivity index (χ3n) is 1.85. The van der Waals surface area contributed by atoms with E-state index in [0.29, 0.717) is 0 Å². The Hall–Kier alpha value is -0.0400. The fourth-order valence-electron chi connectivity index (χ4n) is 1.20. The van der Waals surface area contributed by atoms with Crippen molar-refractivity contribution >= 4 is 0 Å². The first-order chi connectivity index (χ1) is 4.35. The van der Waals surface area contributed by atoms with E-state index >= 15 is 0 Å². The van der Waals surface area contributed by atoms with Gasteiger partial charge < -0.3 is 5.73 Å². The van der Waals surface area contributed by atoms with Crippen molar-refractivity contribution in [2.45, 2.75) is 39.5 Å². The van der Waals surface area contributed by atoms with Crippen molar-refractivity contribution in [3.63, 3.8) is 0 Å². The van der Waals surface area contributed by atoms with E-state index < -0.39 is 0 Å². The first-order valence-electron chi connectivity index (χ1n) is 4.05. The molecule has 0 unspecified atom stereocenters. The first-order valence-corrected chi connectivity index (χ1v) is 4.05. The minimum Gasteiger partial charge on any atom is -0.330 e. The zero-order chi connectivity index (χ0) is 7.11. The lowest BCUT2D eigenvalue weighted by Gasteiger charge is -2.10. The minimum absolute atomic E-state index is 0.860. The highest BCUT2D eigenvalue weighted by Gasteiger charge is 2.01. The fraction of sp³-hybridized carbons (Fsp3) is 1.00. The molecule has 0 rings (SSSR count). The van der Waals surface area contributed by atoms with Crippen LogP contribution < -0.4 is 5.73 Å². The second-order valence-corrected chi connectivity index (χ2v) is 2.64. The second kappa shape index (κ2) is 6.09. The topological polar surface area (TPSA) is 26.0 Å². The quantitative estimate of drug-likeness (QED) is 0.605. The predicted molar refractivity (Wildman–Crippen MR) is 42.4 cm³/mol. The van der Waals surface area contributed by atoms with Gasteiger partial charge in [0.25, 0.3) is 0 Å². The summed E-state index contributed by atoms with van der Waals surface area (Å²) in [5.41, 5.74) is 5.44. The van der Waals surface area contributed by atoms with Crippen LogP contribution in [0, 0.1) is 5.92 Å². The van der Waals surface area contributed by atoms with Crippen molar-refractivity contribution in [1.29, 1.82) is 0 Å². The van der Waals surface area contributed by atoms with Crippen molar-refractivity contribution in [1.82, 2.24) is 0 Å². The van der Waals surface area contributed by atoms with Gasteiger partial charge in [0.05, 0.1) is 0 Å². The maximum Gasteiger partial charge on any atom is -0.00746 e. The lowest BCUT2D eigenvalue weighted by atomic mass is 9.97. The summed E-state index contributed by atoms with van der Waals surface area (Å²) in [6, 6.07) is 0. The largest absolute Gasteiger partial charge is 0.330 e. The SMILES string of the molecule is CCC[C@H](CC)CCN. The third-order valence-corrected chi connectivity index (χ3v) is 1.85. The number of rotatable bonds is 5. The maximum atomic E-state index is 5.44. The van der Waals surface area contributed by atoms with E-state index in [2.05, 4.69) is 13.8 Å². The average molecular weight is 129 g/mol. The summed E-state index contributed by atoms with van der Waals surface area (Å²) in [4.78, 5) is 0. The van der Waals surface area contributed by atoms with E-state index in [9.17, 15) is 0 Å². The maximum absolute atomic E-state index is 5.44. The summed E-state index contributed by atoms with van der Waals surface area (Å²) in [7, 11) is 0. The lowest BCUT2D eigenvalue weighted by Crippen LogP contribution is -2.07. The van der Waals surface area contributed by atoms with Crippen molar-refractivity contribution in [3.05, 3.63) is 0 Å². The van der Waals surface area contributed by atoms with E-state index in [0.717, 1.165) is 12.5 Å². The molecule has 0 amide bonds. The molecule has 2 N–H and O–H groups in total. The molecule has 0 fully saturated rings. The zero-order valence-corrected chi connectivity index (χ0v) is 6.69. The molecule has 0 spiro atoms. The highest BCUT2D eigenvalue weighted by atomic mass is 14.5. The fourth-order valence-corrected chi connectivity index (χ4v) is 1.20. The molecule has 0 aliphatic heterocycles. The number of hydrogen-bond donors (Lipinski definition) is 1. The van der Waals surface area contributed by atoms with Crippen LogP contribution in [0.1, 0.15) is 39.5 Å². The van der Waals surface area contributed by atoms with Crippen molar-refractivity contribution < 1.29 is 0 Å². The van der Waals surface area contributed by atoms with Gasteiger partial charge in [-0.3, -0.25) is 0 Å². The van der Waals surface area contributed by atoms with Crippen molar-refractivity contribution in [2.75, 3.05) is 6.54 Å². The standard InChI is InChI=1S/C8H19N/c1-3-5-8(4-2)6-7-9/h8H,3-7,9H2,1-2H3/t8-/m0/s1. The summed E-state index contributed by atoms with van der Waals surface area (Å²) in [6.45, 7) is 5.34. The van der Waals surface area contributed by atoms with E-state index in [1.165, 1.54) is 25.7 Å². The van der Waals surface area contributed by atoms with E-state index in [1.807, 2.05) is 0 Å². The highest BCUT2D eigenvalue weighted by Crippen LogP contribution is 2.13. The number of hydrogen-bond acceptors (Lipinski definition) is 1. The Morgan fingerprint density at radius 3 is 2.22 bits per heavy atom. The van der Waals surface area contributed by atoms with Crippen LogP contribution in [-0.2, 0) is 0 Å². The summed E-state index contributed by atoms with van der Waals surface area (Å²) < 4.78 is 0. The molecule has 0 saturated heterocycles. The van der Waals surface area contributed by atoms with Gasteiger partial charge in [0, 0.05) is 0 Å². The molecule has 0 heterocycles. The van der Waals surface area contributed by atoms with Crippen LogP contribution in [0.25, 0.3) is 0 Å². The van der Waals surface area contributed by atoms with Crippen molar-refractivity contribution in [2.24, 2.45) is 11.7 Å². The van der Waals surface area contributed by atoms with Gasteiger partial charge in [-0.1, -0.05) is 33.1 Å². The normalized spacial score (nSPS) is 13.7. The predicted octanol–water partition coefficient (Wildman–Crippen LogP) is 2.16. The molecular weight excluding hydrogens is 110 g/mol. The van der Waals surface area contributed by atoms with Crippen LogP contribution >= 0.6 is 0 Å². The molecule has 0 aromatic rings. The molecule has 1 nitrogen and oxygen atoms in total. The van der Waals surface area contributed by atoms with E-state index in [-0.39, 0.29) is 0 Å². The Morgan fingerprint density at radius 1 is 1.22 bits per heavy atom. The first kappa shape index (κ1) is 8.96. The van der Waals surface area contributed by atoms with E-state index in [4.69, 9.17) is 5.73 Å². The van der Waals surface area contributed by atoms with Gasteiger partial charge in [0.1, 0.15) is 0 Å². The van der Waals surface area contributed by atoms with Crippen LogP contribution in [0.4, 0.5) is 0 Å². The monoisotopic (exact) mass is 129 g/mol. The smallest absolute Gasteiger partial charge is 0.00746 e. The lowest BCUT2D eigenvalue weighted by molar-refractivity contribution is 0.438. The molecule has 9 heavy (non-hydrogen) atoms. The van der Waals surface area contributed by atoms with Crippen LogP contribution in [0.3, 0.4) is 0 Å². The zero-order valence-electron chi connectivity index (χ0n) is 6.69. The van der Waals surface area contributed by atoms with Crippen LogP contribution in [0.5, 0.6) is 0 Å². The molecule has 0 radical (unpaired) electrons. The molecule has 0 aromatic carbocycles. The minimum atomic E-state index is 0.860. The Labute approximate surface area is 58.6 Å². The summed E-state index contributed by atoms with van der Waals surface area (Å²) in [6.07, 6.45) is 5.17. The Kier molecular flexibility index (Phi) is 6.06. The molecule has 1 heteroatoms. The van der Waals surface area contributed by atoms with Crippen LogP contribution in [0.2, 0.25) is 0 Å². The van der Waals surface area contributed by atoms with E-state index in [1.54, 1.807) is 0 Å². The van der Waals surface area contributed by atoms with Gasteiger partial charge in [-0.15, -0.1) is 0 Å². The highest BCUT2D eigenvalue weighted by molar-refractivity contribution is 4.55. The molecule has 56 valence electrons. The molecular formula is C8H19N.